The number of amides is 2. The Bertz CT molecular complexity index is 568. The fourth-order valence-corrected chi connectivity index (χ4v) is 3.44. The Balaban J connectivity index is 2.14. The maximum atomic E-state index is 12.7. The number of rotatable bonds is 5. The lowest BCUT2D eigenvalue weighted by Gasteiger charge is -2.26. The van der Waals surface area contributed by atoms with Gasteiger partial charge in [-0.1, -0.05) is 37.0 Å². The quantitative estimate of drug-likeness (QED) is 0.869. The van der Waals surface area contributed by atoms with Crippen molar-refractivity contribution < 1.29 is 9.59 Å². The second-order valence-electron chi connectivity index (χ2n) is 5.84. The van der Waals surface area contributed by atoms with E-state index in [-0.39, 0.29) is 17.9 Å². The van der Waals surface area contributed by atoms with Crippen molar-refractivity contribution in [2.75, 3.05) is 6.54 Å². The van der Waals surface area contributed by atoms with Crippen molar-refractivity contribution >= 4 is 35.0 Å². The molecular weight excluding hydrogens is 335 g/mol. The number of benzene rings is 1. The van der Waals surface area contributed by atoms with Crippen molar-refractivity contribution in [1.29, 1.82) is 0 Å². The summed E-state index contributed by atoms with van der Waals surface area (Å²) >= 11 is 11.9. The van der Waals surface area contributed by atoms with Gasteiger partial charge in [-0.2, -0.15) is 0 Å². The predicted molar refractivity (Wildman–Crippen MR) is 93.0 cm³/mol. The van der Waals surface area contributed by atoms with Gasteiger partial charge >= 0.3 is 0 Å². The van der Waals surface area contributed by atoms with E-state index in [1.807, 2.05) is 13.8 Å². The molecule has 0 bridgehead atoms. The number of nitrogens with zero attached hydrogens (tertiary/aromatic N) is 1. The molecule has 1 aromatic rings. The highest BCUT2D eigenvalue weighted by molar-refractivity contribution is 6.35. The number of carbonyl (C=O) groups is 2. The summed E-state index contributed by atoms with van der Waals surface area (Å²) in [6.07, 6.45) is 3.27. The van der Waals surface area contributed by atoms with E-state index in [1.165, 1.54) is 0 Å². The van der Waals surface area contributed by atoms with Crippen LogP contribution in [0.3, 0.4) is 0 Å². The molecule has 1 aliphatic rings. The molecule has 2 amide bonds. The Labute approximate surface area is 147 Å². The number of halogens is 2. The Kier molecular flexibility index (Phi) is 6.31. The number of nitrogens with one attached hydrogen (secondary N) is 1. The minimum absolute atomic E-state index is 0.0716. The van der Waals surface area contributed by atoms with E-state index < -0.39 is 6.04 Å². The van der Waals surface area contributed by atoms with Gasteiger partial charge in [0.05, 0.1) is 0 Å². The summed E-state index contributed by atoms with van der Waals surface area (Å²) in [7, 11) is 0. The molecule has 23 heavy (non-hydrogen) atoms. The Morgan fingerprint density at radius 3 is 2.39 bits per heavy atom. The number of carbonyl (C=O) groups excluding carboxylic acids is 2. The van der Waals surface area contributed by atoms with Gasteiger partial charge in [-0.3, -0.25) is 9.59 Å². The Morgan fingerprint density at radius 1 is 1.22 bits per heavy atom. The fourth-order valence-electron chi connectivity index (χ4n) is 2.92. The molecule has 1 fully saturated rings. The zero-order valence-corrected chi connectivity index (χ0v) is 15.0. The van der Waals surface area contributed by atoms with Crippen molar-refractivity contribution in [2.45, 2.75) is 51.6 Å². The van der Waals surface area contributed by atoms with Gasteiger partial charge in [0.2, 0.25) is 5.91 Å². The van der Waals surface area contributed by atoms with Gasteiger partial charge < -0.3 is 10.2 Å². The van der Waals surface area contributed by atoms with E-state index in [1.54, 1.807) is 23.1 Å². The molecule has 0 radical (unpaired) electrons. The Morgan fingerprint density at radius 2 is 1.83 bits per heavy atom. The zero-order valence-electron chi connectivity index (χ0n) is 13.4. The van der Waals surface area contributed by atoms with E-state index in [2.05, 4.69) is 5.32 Å². The third-order valence-corrected chi connectivity index (χ3v) is 4.69. The average Bonchev–Trinajstić information content (AvgIpc) is 3.00. The minimum atomic E-state index is -0.416. The van der Waals surface area contributed by atoms with Crippen molar-refractivity contribution in [2.24, 2.45) is 0 Å². The van der Waals surface area contributed by atoms with Crippen LogP contribution in [0.2, 0.25) is 10.0 Å². The average molecular weight is 357 g/mol. The molecular formula is C17H22Cl2N2O2. The van der Waals surface area contributed by atoms with Crippen LogP contribution in [0.15, 0.2) is 18.2 Å². The summed E-state index contributed by atoms with van der Waals surface area (Å²) < 4.78 is 0. The molecule has 0 aromatic heterocycles. The molecule has 0 aliphatic carbocycles. The van der Waals surface area contributed by atoms with Crippen LogP contribution >= 0.6 is 23.2 Å². The lowest BCUT2D eigenvalue weighted by molar-refractivity contribution is -0.125. The summed E-state index contributed by atoms with van der Waals surface area (Å²) in [4.78, 5) is 26.8. The maximum Gasteiger partial charge on any atom is 0.254 e. The first-order valence-corrected chi connectivity index (χ1v) is 8.79. The third kappa shape index (κ3) is 4.39. The minimum Gasteiger partial charge on any atom is -0.352 e. The van der Waals surface area contributed by atoms with Gasteiger partial charge in [0.1, 0.15) is 6.04 Å². The van der Waals surface area contributed by atoms with Gasteiger partial charge in [-0.25, -0.2) is 0 Å². The van der Waals surface area contributed by atoms with Crippen LogP contribution in [-0.2, 0) is 4.79 Å². The second-order valence-corrected chi connectivity index (χ2v) is 6.71. The lowest BCUT2D eigenvalue weighted by Crippen LogP contribution is -2.48. The van der Waals surface area contributed by atoms with Gasteiger partial charge in [0.15, 0.2) is 0 Å². The van der Waals surface area contributed by atoms with Crippen molar-refractivity contribution in [3.05, 3.63) is 33.8 Å². The number of hydrogen-bond donors (Lipinski definition) is 1. The van der Waals surface area contributed by atoms with E-state index in [0.717, 1.165) is 19.3 Å². The fraction of sp³-hybridized carbons (Fsp3) is 0.529. The second kappa shape index (κ2) is 8.02. The van der Waals surface area contributed by atoms with Crippen LogP contribution in [-0.4, -0.2) is 35.3 Å². The lowest BCUT2D eigenvalue weighted by atomic mass is 10.1. The number of likely N-dealkylation sites (tertiary alicyclic amines) is 1. The highest BCUT2D eigenvalue weighted by Gasteiger charge is 2.35. The van der Waals surface area contributed by atoms with Crippen LogP contribution in [0.1, 0.15) is 49.9 Å². The monoisotopic (exact) mass is 356 g/mol. The molecule has 1 atom stereocenters. The van der Waals surface area contributed by atoms with Crippen LogP contribution in [0.4, 0.5) is 0 Å². The SMILES string of the molecule is CCC(CC)NC(=O)[C@@H]1CCCN1C(=O)c1cc(Cl)cc(Cl)c1. The van der Waals surface area contributed by atoms with Crippen LogP contribution in [0, 0.1) is 0 Å². The van der Waals surface area contributed by atoms with Crippen LogP contribution < -0.4 is 5.32 Å². The first-order chi connectivity index (χ1) is 11.0. The number of hydrogen-bond acceptors (Lipinski definition) is 2. The van der Waals surface area contributed by atoms with Gasteiger partial charge in [-0.15, -0.1) is 0 Å². The van der Waals surface area contributed by atoms with E-state index in [0.29, 0.717) is 28.6 Å². The molecule has 1 aromatic carbocycles. The van der Waals surface area contributed by atoms with E-state index in [4.69, 9.17) is 23.2 Å². The van der Waals surface area contributed by atoms with Crippen LogP contribution in [0.25, 0.3) is 0 Å². The molecule has 1 aliphatic heterocycles. The van der Waals surface area contributed by atoms with E-state index >= 15 is 0 Å². The first kappa shape index (κ1) is 18.1. The van der Waals surface area contributed by atoms with Crippen molar-refractivity contribution in [1.82, 2.24) is 10.2 Å². The molecule has 126 valence electrons. The largest absolute Gasteiger partial charge is 0.352 e. The molecule has 1 heterocycles. The highest BCUT2D eigenvalue weighted by atomic mass is 35.5. The molecule has 0 saturated carbocycles. The summed E-state index contributed by atoms with van der Waals surface area (Å²) in [5, 5.41) is 3.86. The molecule has 0 spiro atoms. The molecule has 6 heteroatoms. The molecule has 4 nitrogen and oxygen atoms in total. The standard InChI is InChI=1S/C17H22Cl2N2O2/c1-3-14(4-2)20-16(22)15-6-5-7-21(15)17(23)11-8-12(18)10-13(19)9-11/h8-10,14-15H,3-7H2,1-2H3,(H,20,22)/t15-/m0/s1. The van der Waals surface area contributed by atoms with Crippen molar-refractivity contribution in [3.8, 4) is 0 Å². The first-order valence-electron chi connectivity index (χ1n) is 8.03. The van der Waals surface area contributed by atoms with Crippen LogP contribution in [0.5, 0.6) is 0 Å². The van der Waals surface area contributed by atoms with Crippen molar-refractivity contribution in [3.63, 3.8) is 0 Å². The molecule has 2 rings (SSSR count). The smallest absolute Gasteiger partial charge is 0.254 e. The summed E-state index contributed by atoms with van der Waals surface area (Å²) in [5.74, 6) is -0.269. The topological polar surface area (TPSA) is 49.4 Å². The third-order valence-electron chi connectivity index (χ3n) is 4.26. The highest BCUT2D eigenvalue weighted by Crippen LogP contribution is 2.24. The summed E-state index contributed by atoms with van der Waals surface area (Å²) in [6, 6.07) is 4.50. The molecule has 1 N–H and O–H groups in total. The normalized spacial score (nSPS) is 17.6. The van der Waals surface area contributed by atoms with Gasteiger partial charge in [0.25, 0.3) is 5.91 Å². The molecule has 0 unspecified atom stereocenters. The van der Waals surface area contributed by atoms with E-state index in [9.17, 15) is 9.59 Å². The Hall–Kier alpha value is -1.26. The summed E-state index contributed by atoms with van der Waals surface area (Å²) in [5.41, 5.74) is 0.421. The predicted octanol–water partition coefficient (Wildman–Crippen LogP) is 3.90. The van der Waals surface area contributed by atoms with Gasteiger partial charge in [0, 0.05) is 28.2 Å². The maximum absolute atomic E-state index is 12.7. The summed E-state index contributed by atoms with van der Waals surface area (Å²) in [6.45, 7) is 4.66. The molecule has 1 saturated heterocycles. The zero-order chi connectivity index (χ0) is 17.0. The van der Waals surface area contributed by atoms with Gasteiger partial charge in [-0.05, 0) is 43.9 Å².